The van der Waals surface area contributed by atoms with E-state index in [-0.39, 0.29) is 6.61 Å². The largest absolute Gasteiger partial charge is 0.395 e. The van der Waals surface area contributed by atoms with Gasteiger partial charge in [0.15, 0.2) is 0 Å². The van der Waals surface area contributed by atoms with Crippen molar-refractivity contribution >= 4 is 10.8 Å². The maximum absolute atomic E-state index is 11.2. The lowest BCUT2D eigenvalue weighted by Gasteiger charge is -2.26. The molecule has 0 aromatic heterocycles. The summed E-state index contributed by atoms with van der Waals surface area (Å²) in [7, 11) is -0.854. The van der Waals surface area contributed by atoms with E-state index in [4.69, 9.17) is 9.84 Å². The minimum atomic E-state index is -0.854. The summed E-state index contributed by atoms with van der Waals surface area (Å²) >= 11 is 0. The zero-order valence-electron chi connectivity index (χ0n) is 7.78. The zero-order chi connectivity index (χ0) is 9.52. The summed E-state index contributed by atoms with van der Waals surface area (Å²) in [6, 6.07) is 0. The number of hydrogen-bond acceptors (Lipinski definition) is 4. The van der Waals surface area contributed by atoms with Crippen LogP contribution in [0.3, 0.4) is 0 Å². The van der Waals surface area contributed by atoms with Crippen LogP contribution in [0.1, 0.15) is 0 Å². The maximum Gasteiger partial charge on any atom is 0.0594 e. The second-order valence-corrected chi connectivity index (χ2v) is 4.72. The summed E-state index contributed by atoms with van der Waals surface area (Å²) < 4.78 is 16.4. The molecule has 1 N–H and O–H groups in total. The molecule has 0 amide bonds. The van der Waals surface area contributed by atoms with Crippen LogP contribution in [0.2, 0.25) is 0 Å². The molecule has 0 saturated carbocycles. The van der Waals surface area contributed by atoms with Crippen molar-refractivity contribution in [3.63, 3.8) is 0 Å². The lowest BCUT2D eigenvalue weighted by molar-refractivity contribution is 0.0409. The molecule has 78 valence electrons. The highest BCUT2D eigenvalue weighted by molar-refractivity contribution is 7.85. The number of nitrogens with zero attached hydrogens (tertiary/aromatic N) is 1. The third kappa shape index (κ3) is 4.71. The first-order valence-corrected chi connectivity index (χ1v) is 6.07. The van der Waals surface area contributed by atoms with Crippen molar-refractivity contribution in [1.29, 1.82) is 0 Å². The first-order valence-electron chi connectivity index (χ1n) is 4.59. The molecule has 1 saturated heterocycles. The Bertz CT molecular complexity index is 159. The van der Waals surface area contributed by atoms with Crippen LogP contribution in [0.25, 0.3) is 0 Å². The van der Waals surface area contributed by atoms with E-state index in [1.165, 1.54) is 0 Å². The lowest BCUT2D eigenvalue weighted by atomic mass is 10.4. The summed E-state index contributed by atoms with van der Waals surface area (Å²) in [4.78, 5) is 2.25. The van der Waals surface area contributed by atoms with Gasteiger partial charge in [-0.3, -0.25) is 9.11 Å². The number of hydrogen-bond donors (Lipinski definition) is 1. The fourth-order valence-corrected chi connectivity index (χ4v) is 2.13. The highest BCUT2D eigenvalue weighted by Crippen LogP contribution is 1.96. The highest BCUT2D eigenvalue weighted by Gasteiger charge is 2.10. The Morgan fingerprint density at radius 2 is 2.00 bits per heavy atom. The molecule has 0 radical (unpaired) electrons. The summed E-state index contributed by atoms with van der Waals surface area (Å²) in [5.41, 5.74) is 0. The van der Waals surface area contributed by atoms with Crippen molar-refractivity contribution in [2.24, 2.45) is 0 Å². The minimum Gasteiger partial charge on any atom is -0.395 e. The quantitative estimate of drug-likeness (QED) is 0.632. The first kappa shape index (κ1) is 11.1. The Labute approximate surface area is 81.3 Å². The molecule has 0 bridgehead atoms. The van der Waals surface area contributed by atoms with Gasteiger partial charge in [0.1, 0.15) is 0 Å². The predicted octanol–water partition coefficient (Wildman–Crippen LogP) is -0.940. The van der Waals surface area contributed by atoms with Crippen LogP contribution >= 0.6 is 0 Å². The summed E-state index contributed by atoms with van der Waals surface area (Å²) in [6.07, 6.45) is 0. The van der Waals surface area contributed by atoms with E-state index in [0.29, 0.717) is 11.5 Å². The van der Waals surface area contributed by atoms with Gasteiger partial charge in [0, 0.05) is 41.9 Å². The third-order valence-corrected chi connectivity index (χ3v) is 3.33. The second kappa shape index (κ2) is 6.48. The highest BCUT2D eigenvalue weighted by atomic mass is 32.2. The molecule has 1 rings (SSSR count). The van der Waals surface area contributed by atoms with E-state index >= 15 is 0 Å². The van der Waals surface area contributed by atoms with E-state index in [1.54, 1.807) is 0 Å². The Morgan fingerprint density at radius 3 is 2.62 bits per heavy atom. The molecule has 0 spiro atoms. The maximum atomic E-state index is 11.2. The number of aliphatic hydroxyl groups excluding tert-OH is 1. The van der Waals surface area contributed by atoms with E-state index in [9.17, 15) is 4.21 Å². The van der Waals surface area contributed by atoms with Gasteiger partial charge in [-0.2, -0.15) is 0 Å². The summed E-state index contributed by atoms with van der Waals surface area (Å²) in [5, 5.41) is 8.55. The molecule has 1 aliphatic rings. The number of morpholine rings is 1. The van der Waals surface area contributed by atoms with Crippen LogP contribution in [0, 0.1) is 0 Å². The summed E-state index contributed by atoms with van der Waals surface area (Å²) in [5.74, 6) is 1.07. The molecule has 1 fully saturated rings. The lowest BCUT2D eigenvalue weighted by Crippen LogP contribution is -2.38. The van der Waals surface area contributed by atoms with E-state index in [1.807, 2.05) is 0 Å². The van der Waals surface area contributed by atoms with Gasteiger partial charge in [0.2, 0.25) is 0 Å². The molecule has 4 nitrogen and oxygen atoms in total. The molecule has 0 aliphatic carbocycles. The average Bonchev–Trinajstić information content (AvgIpc) is 2.17. The van der Waals surface area contributed by atoms with Gasteiger partial charge in [0.25, 0.3) is 0 Å². The van der Waals surface area contributed by atoms with E-state index < -0.39 is 10.8 Å². The van der Waals surface area contributed by atoms with Crippen LogP contribution in [0.15, 0.2) is 0 Å². The summed E-state index contributed by atoms with van der Waals surface area (Å²) in [6.45, 7) is 4.33. The molecule has 1 heterocycles. The van der Waals surface area contributed by atoms with Crippen molar-refractivity contribution in [2.45, 2.75) is 0 Å². The van der Waals surface area contributed by atoms with Crippen molar-refractivity contribution in [1.82, 2.24) is 4.90 Å². The molecule has 13 heavy (non-hydrogen) atoms. The molecule has 1 aliphatic heterocycles. The Kier molecular flexibility index (Phi) is 5.54. The molecule has 5 heteroatoms. The Balaban J connectivity index is 2.06. The molecule has 1 unspecified atom stereocenters. The van der Waals surface area contributed by atoms with Crippen molar-refractivity contribution in [3.8, 4) is 0 Å². The molecule has 0 aromatic rings. The van der Waals surface area contributed by atoms with Crippen LogP contribution < -0.4 is 0 Å². The normalized spacial score (nSPS) is 21.6. The van der Waals surface area contributed by atoms with Crippen LogP contribution in [0.4, 0.5) is 0 Å². The zero-order valence-corrected chi connectivity index (χ0v) is 8.59. The van der Waals surface area contributed by atoms with Gasteiger partial charge < -0.3 is 9.84 Å². The van der Waals surface area contributed by atoms with Crippen LogP contribution in [0.5, 0.6) is 0 Å². The molecular formula is C8H17NO3S. The van der Waals surface area contributed by atoms with E-state index in [2.05, 4.69) is 4.90 Å². The topological polar surface area (TPSA) is 49.8 Å². The van der Waals surface area contributed by atoms with Gasteiger partial charge in [-0.1, -0.05) is 0 Å². The average molecular weight is 207 g/mol. The Hall–Kier alpha value is 0.0300. The number of ether oxygens (including phenoxy) is 1. The molecule has 1 atom stereocenters. The first-order chi connectivity index (χ1) is 6.33. The fraction of sp³-hybridized carbons (Fsp3) is 1.00. The van der Waals surface area contributed by atoms with Gasteiger partial charge >= 0.3 is 0 Å². The van der Waals surface area contributed by atoms with Gasteiger partial charge in [-0.25, -0.2) is 0 Å². The standard InChI is InChI=1S/C8H17NO3S/c10-4-8-13(11)7-3-9-1-5-12-6-2-9/h10H,1-8H2. The smallest absolute Gasteiger partial charge is 0.0594 e. The molecule has 0 aromatic carbocycles. The number of rotatable bonds is 5. The fourth-order valence-electron chi connectivity index (χ4n) is 1.26. The van der Waals surface area contributed by atoms with Gasteiger partial charge in [-0.05, 0) is 0 Å². The number of aliphatic hydroxyl groups is 1. The SMILES string of the molecule is O=S(CCO)CCN1CCOCC1. The van der Waals surface area contributed by atoms with Crippen LogP contribution in [-0.4, -0.2) is 65.2 Å². The van der Waals surface area contributed by atoms with E-state index in [0.717, 1.165) is 32.8 Å². The van der Waals surface area contributed by atoms with Gasteiger partial charge in [0.05, 0.1) is 19.8 Å². The Morgan fingerprint density at radius 1 is 1.31 bits per heavy atom. The second-order valence-electron chi connectivity index (χ2n) is 3.03. The predicted molar refractivity (Wildman–Crippen MR) is 52.2 cm³/mol. The monoisotopic (exact) mass is 207 g/mol. The third-order valence-electron chi connectivity index (χ3n) is 2.06. The van der Waals surface area contributed by atoms with Crippen molar-refractivity contribution < 1.29 is 14.1 Å². The van der Waals surface area contributed by atoms with Crippen molar-refractivity contribution in [2.75, 3.05) is 51.0 Å². The van der Waals surface area contributed by atoms with Crippen molar-refractivity contribution in [3.05, 3.63) is 0 Å². The molecular weight excluding hydrogens is 190 g/mol. The van der Waals surface area contributed by atoms with Gasteiger partial charge in [-0.15, -0.1) is 0 Å². The van der Waals surface area contributed by atoms with Crippen LogP contribution in [-0.2, 0) is 15.5 Å². The minimum absolute atomic E-state index is 0.0235.